The van der Waals surface area contributed by atoms with Crippen molar-refractivity contribution in [2.45, 2.75) is 52.4 Å². The average molecular weight is 369 g/mol. The Hall–Kier alpha value is -2.74. The van der Waals surface area contributed by atoms with Crippen molar-refractivity contribution < 1.29 is 0 Å². The van der Waals surface area contributed by atoms with Crippen LogP contribution in [0.2, 0.25) is 0 Å². The van der Waals surface area contributed by atoms with Crippen molar-refractivity contribution in [1.29, 1.82) is 0 Å². The molecule has 4 aromatic rings. The van der Waals surface area contributed by atoms with Gasteiger partial charge < -0.3 is 0 Å². The molecule has 2 aromatic carbocycles. The number of aromatic nitrogens is 2. The van der Waals surface area contributed by atoms with Crippen molar-refractivity contribution in [3.8, 4) is 11.1 Å². The molecule has 0 aliphatic heterocycles. The zero-order valence-corrected chi connectivity index (χ0v) is 17.7. The molecular weight excluding hydrogens is 340 g/mol. The van der Waals surface area contributed by atoms with Crippen molar-refractivity contribution >= 4 is 21.8 Å². The van der Waals surface area contributed by atoms with Crippen LogP contribution in [0.3, 0.4) is 0 Å². The van der Waals surface area contributed by atoms with Crippen LogP contribution in [-0.4, -0.2) is 9.97 Å². The monoisotopic (exact) mass is 368 g/mol. The zero-order chi connectivity index (χ0) is 20.1. The maximum Gasteiger partial charge on any atom is 0.0784 e. The summed E-state index contributed by atoms with van der Waals surface area (Å²) in [6.45, 7) is 13.2. The molecule has 0 N–H and O–H groups in total. The average Bonchev–Trinajstić information content (AvgIpc) is 2.65. The second-order valence-electron chi connectivity index (χ2n) is 9.64. The summed E-state index contributed by atoms with van der Waals surface area (Å²) in [7, 11) is 0. The van der Waals surface area contributed by atoms with Crippen LogP contribution in [0.25, 0.3) is 32.9 Å². The highest BCUT2D eigenvalue weighted by Gasteiger charge is 2.19. The largest absolute Gasteiger partial charge is 0.252 e. The fourth-order valence-corrected chi connectivity index (χ4v) is 3.59. The third-order valence-corrected chi connectivity index (χ3v) is 5.28. The Kier molecular flexibility index (Phi) is 4.26. The summed E-state index contributed by atoms with van der Waals surface area (Å²) in [5.74, 6) is 0. The Labute approximate surface area is 167 Å². The summed E-state index contributed by atoms with van der Waals surface area (Å²) in [4.78, 5) is 10.0. The van der Waals surface area contributed by atoms with E-state index in [-0.39, 0.29) is 10.8 Å². The molecular formula is C26H28N2. The van der Waals surface area contributed by atoms with E-state index in [1.54, 1.807) is 0 Å². The molecule has 0 aliphatic carbocycles. The van der Waals surface area contributed by atoms with E-state index >= 15 is 0 Å². The lowest BCUT2D eigenvalue weighted by Crippen LogP contribution is -2.13. The van der Waals surface area contributed by atoms with E-state index in [0.29, 0.717) is 0 Å². The van der Waals surface area contributed by atoms with Crippen molar-refractivity contribution in [1.82, 2.24) is 9.97 Å². The van der Waals surface area contributed by atoms with Gasteiger partial charge in [-0.1, -0.05) is 84.0 Å². The van der Waals surface area contributed by atoms with Gasteiger partial charge in [0.25, 0.3) is 0 Å². The van der Waals surface area contributed by atoms with E-state index in [9.17, 15) is 0 Å². The first-order valence-electron chi connectivity index (χ1n) is 9.95. The van der Waals surface area contributed by atoms with Crippen LogP contribution >= 0.6 is 0 Å². The molecule has 0 saturated carbocycles. The number of para-hydroxylation sites is 1. The van der Waals surface area contributed by atoms with Crippen LogP contribution in [0.4, 0.5) is 0 Å². The van der Waals surface area contributed by atoms with Gasteiger partial charge in [0.1, 0.15) is 0 Å². The predicted octanol–water partition coefficient (Wildman–Crippen LogP) is 7.05. The molecule has 2 heteroatoms. The normalized spacial score (nSPS) is 12.6. The Bertz CT molecular complexity index is 1170. The summed E-state index contributed by atoms with van der Waals surface area (Å²) in [6, 6.07) is 21.5. The highest BCUT2D eigenvalue weighted by molar-refractivity contribution is 6.03. The van der Waals surface area contributed by atoms with Gasteiger partial charge >= 0.3 is 0 Å². The molecule has 28 heavy (non-hydrogen) atoms. The second-order valence-corrected chi connectivity index (χ2v) is 9.64. The van der Waals surface area contributed by atoms with E-state index in [0.717, 1.165) is 22.4 Å². The standard InChI is InChI=1S/C26H28N2/c1-25(2,3)22-16-14-19-18(10-8-12-21(19)27-22)20-11-7-9-17-13-15-23(26(4,5)6)28-24(17)20/h7-16H,1-6H3. The van der Waals surface area contributed by atoms with Gasteiger partial charge in [-0.3, -0.25) is 9.97 Å². The van der Waals surface area contributed by atoms with Gasteiger partial charge in [-0.15, -0.1) is 0 Å². The first-order valence-corrected chi connectivity index (χ1v) is 9.95. The van der Waals surface area contributed by atoms with Crippen LogP contribution < -0.4 is 0 Å². The predicted molar refractivity (Wildman–Crippen MR) is 120 cm³/mol. The number of nitrogens with zero attached hydrogens (tertiary/aromatic N) is 2. The third-order valence-electron chi connectivity index (χ3n) is 5.28. The van der Waals surface area contributed by atoms with Gasteiger partial charge in [0, 0.05) is 38.6 Å². The molecule has 0 radical (unpaired) electrons. The van der Waals surface area contributed by atoms with E-state index in [1.165, 1.54) is 21.9 Å². The summed E-state index contributed by atoms with van der Waals surface area (Å²) in [5, 5.41) is 2.34. The highest BCUT2D eigenvalue weighted by atomic mass is 14.7. The van der Waals surface area contributed by atoms with Gasteiger partial charge in [-0.2, -0.15) is 0 Å². The molecule has 0 bridgehead atoms. The van der Waals surface area contributed by atoms with E-state index in [2.05, 4.69) is 102 Å². The quantitative estimate of drug-likeness (QED) is 0.360. The van der Waals surface area contributed by atoms with Crippen molar-refractivity contribution in [3.05, 3.63) is 72.1 Å². The maximum atomic E-state index is 5.07. The van der Waals surface area contributed by atoms with E-state index in [1.807, 2.05) is 0 Å². The van der Waals surface area contributed by atoms with Crippen LogP contribution in [-0.2, 0) is 10.8 Å². The summed E-state index contributed by atoms with van der Waals surface area (Å²) in [5.41, 5.74) is 6.73. The molecule has 0 saturated heterocycles. The van der Waals surface area contributed by atoms with Crippen LogP contribution in [0.1, 0.15) is 52.9 Å². The maximum absolute atomic E-state index is 5.07. The smallest absolute Gasteiger partial charge is 0.0784 e. The SMILES string of the molecule is CC(C)(C)c1ccc2c(-c3cccc4ccc(C(C)(C)C)nc34)cccc2n1. The van der Waals surface area contributed by atoms with Gasteiger partial charge in [0.05, 0.1) is 11.0 Å². The van der Waals surface area contributed by atoms with Crippen molar-refractivity contribution in [2.24, 2.45) is 0 Å². The Balaban J connectivity index is 1.98. The highest BCUT2D eigenvalue weighted by Crippen LogP contribution is 2.35. The molecule has 4 rings (SSSR count). The van der Waals surface area contributed by atoms with Crippen molar-refractivity contribution in [2.75, 3.05) is 0 Å². The van der Waals surface area contributed by atoms with Gasteiger partial charge in [0.2, 0.25) is 0 Å². The lowest BCUT2D eigenvalue weighted by molar-refractivity contribution is 0.571. The van der Waals surface area contributed by atoms with Crippen molar-refractivity contribution in [3.63, 3.8) is 0 Å². The third kappa shape index (κ3) is 3.28. The molecule has 0 amide bonds. The minimum atomic E-state index is 0.0171. The fraction of sp³-hybridized carbons (Fsp3) is 0.308. The fourth-order valence-electron chi connectivity index (χ4n) is 3.59. The van der Waals surface area contributed by atoms with Crippen LogP contribution in [0, 0.1) is 0 Å². The van der Waals surface area contributed by atoms with Crippen LogP contribution in [0.5, 0.6) is 0 Å². The number of pyridine rings is 2. The minimum absolute atomic E-state index is 0.0171. The van der Waals surface area contributed by atoms with Crippen LogP contribution in [0.15, 0.2) is 60.7 Å². The lowest BCUT2D eigenvalue weighted by atomic mass is 9.89. The first kappa shape index (κ1) is 18.6. The molecule has 2 heterocycles. The second kappa shape index (κ2) is 6.41. The Morgan fingerprint density at radius 2 is 1.18 bits per heavy atom. The topological polar surface area (TPSA) is 25.8 Å². The molecule has 2 nitrogen and oxygen atoms in total. The Morgan fingerprint density at radius 1 is 0.571 bits per heavy atom. The van der Waals surface area contributed by atoms with Gasteiger partial charge in [-0.05, 0) is 23.8 Å². The molecule has 0 fully saturated rings. The Morgan fingerprint density at radius 3 is 1.89 bits per heavy atom. The number of benzene rings is 2. The number of hydrogen-bond donors (Lipinski definition) is 0. The summed E-state index contributed by atoms with van der Waals surface area (Å²) in [6.07, 6.45) is 0. The molecule has 0 aliphatic rings. The number of fused-ring (bicyclic) bond motifs is 2. The lowest BCUT2D eigenvalue weighted by Gasteiger charge is -2.20. The molecule has 0 spiro atoms. The molecule has 0 unspecified atom stereocenters. The van der Waals surface area contributed by atoms with E-state index < -0.39 is 0 Å². The first-order chi connectivity index (χ1) is 13.1. The number of rotatable bonds is 1. The van der Waals surface area contributed by atoms with E-state index in [4.69, 9.17) is 9.97 Å². The molecule has 2 aromatic heterocycles. The number of hydrogen-bond acceptors (Lipinski definition) is 2. The van der Waals surface area contributed by atoms with Gasteiger partial charge in [-0.25, -0.2) is 0 Å². The summed E-state index contributed by atoms with van der Waals surface area (Å²) < 4.78 is 0. The minimum Gasteiger partial charge on any atom is -0.252 e. The molecule has 142 valence electrons. The molecule has 0 atom stereocenters. The summed E-state index contributed by atoms with van der Waals surface area (Å²) >= 11 is 0. The zero-order valence-electron chi connectivity index (χ0n) is 17.7. The van der Waals surface area contributed by atoms with Gasteiger partial charge in [0.15, 0.2) is 0 Å².